The molecule has 2 rings (SSSR count). The van der Waals surface area contributed by atoms with E-state index in [2.05, 4.69) is 5.32 Å². The van der Waals surface area contributed by atoms with Gasteiger partial charge in [0.2, 0.25) is 0 Å². The van der Waals surface area contributed by atoms with Crippen LogP contribution < -0.4 is 5.32 Å². The minimum Gasteiger partial charge on any atom is -0.386 e. The van der Waals surface area contributed by atoms with Crippen molar-refractivity contribution >= 4 is 34.6 Å². The summed E-state index contributed by atoms with van der Waals surface area (Å²) in [6, 6.07) is 9.99. The van der Waals surface area contributed by atoms with Gasteiger partial charge >= 0.3 is 0 Å². The zero-order valence-electron chi connectivity index (χ0n) is 11.3. The van der Waals surface area contributed by atoms with Crippen molar-refractivity contribution in [1.29, 1.82) is 0 Å². The second-order valence-electron chi connectivity index (χ2n) is 4.47. The molecule has 1 amide bonds. The molecule has 0 saturated carbocycles. The SMILES string of the molecule is CC(=O)c1ccccc1C(=O)NCC(O)c1ccc(Cl)s1. The van der Waals surface area contributed by atoms with E-state index in [0.717, 1.165) is 0 Å². The zero-order chi connectivity index (χ0) is 15.4. The lowest BCUT2D eigenvalue weighted by Crippen LogP contribution is -2.29. The molecule has 0 saturated heterocycles. The van der Waals surface area contributed by atoms with E-state index in [1.54, 1.807) is 36.4 Å². The van der Waals surface area contributed by atoms with Crippen LogP contribution in [0.2, 0.25) is 4.34 Å². The Morgan fingerprint density at radius 1 is 1.24 bits per heavy atom. The summed E-state index contributed by atoms with van der Waals surface area (Å²) in [4.78, 5) is 24.3. The monoisotopic (exact) mass is 323 g/mol. The first-order chi connectivity index (χ1) is 9.99. The van der Waals surface area contributed by atoms with Gasteiger partial charge in [-0.2, -0.15) is 0 Å². The van der Waals surface area contributed by atoms with Crippen LogP contribution >= 0.6 is 22.9 Å². The first-order valence-corrected chi connectivity index (χ1v) is 7.50. The van der Waals surface area contributed by atoms with Gasteiger partial charge in [-0.3, -0.25) is 9.59 Å². The van der Waals surface area contributed by atoms with Gasteiger partial charge in [-0.25, -0.2) is 0 Å². The Labute approximate surface area is 131 Å². The van der Waals surface area contributed by atoms with Crippen LogP contribution in [0.25, 0.3) is 0 Å². The first kappa shape index (κ1) is 15.7. The molecule has 0 radical (unpaired) electrons. The maximum Gasteiger partial charge on any atom is 0.252 e. The van der Waals surface area contributed by atoms with Crippen molar-refractivity contribution in [3.05, 3.63) is 56.7 Å². The molecule has 1 unspecified atom stereocenters. The molecule has 1 heterocycles. The number of nitrogens with one attached hydrogen (secondary N) is 1. The minimum atomic E-state index is -0.823. The Kier molecular flexibility index (Phi) is 5.12. The van der Waals surface area contributed by atoms with Gasteiger partial charge in [0.1, 0.15) is 6.10 Å². The van der Waals surface area contributed by atoms with Gasteiger partial charge in [0, 0.05) is 17.0 Å². The fourth-order valence-corrected chi connectivity index (χ4v) is 2.93. The number of hydrogen-bond acceptors (Lipinski definition) is 4. The molecule has 4 nitrogen and oxygen atoms in total. The number of aliphatic hydroxyl groups excluding tert-OH is 1. The highest BCUT2D eigenvalue weighted by molar-refractivity contribution is 7.16. The van der Waals surface area contributed by atoms with Crippen molar-refractivity contribution in [1.82, 2.24) is 5.32 Å². The van der Waals surface area contributed by atoms with Crippen molar-refractivity contribution in [2.24, 2.45) is 0 Å². The van der Waals surface area contributed by atoms with E-state index < -0.39 is 6.10 Å². The number of aliphatic hydroxyl groups is 1. The maximum atomic E-state index is 12.1. The lowest BCUT2D eigenvalue weighted by molar-refractivity contribution is 0.0908. The number of hydrogen-bond donors (Lipinski definition) is 2. The van der Waals surface area contributed by atoms with E-state index in [9.17, 15) is 14.7 Å². The fourth-order valence-electron chi connectivity index (χ4n) is 1.88. The quantitative estimate of drug-likeness (QED) is 0.831. The number of carbonyl (C=O) groups is 2. The first-order valence-electron chi connectivity index (χ1n) is 6.30. The van der Waals surface area contributed by atoms with Crippen LogP contribution in [0.5, 0.6) is 0 Å². The van der Waals surface area contributed by atoms with Crippen molar-refractivity contribution in [2.45, 2.75) is 13.0 Å². The molecule has 0 aliphatic rings. The summed E-state index contributed by atoms with van der Waals surface area (Å²) >= 11 is 7.06. The van der Waals surface area contributed by atoms with Gasteiger partial charge in [-0.15, -0.1) is 11.3 Å². The van der Waals surface area contributed by atoms with Crippen molar-refractivity contribution in [2.75, 3.05) is 6.54 Å². The van der Waals surface area contributed by atoms with Crippen molar-refractivity contribution < 1.29 is 14.7 Å². The van der Waals surface area contributed by atoms with Crippen LogP contribution in [0.1, 0.15) is 38.6 Å². The topological polar surface area (TPSA) is 66.4 Å². The third-order valence-corrected chi connectivity index (χ3v) is 4.26. The minimum absolute atomic E-state index is 0.0575. The van der Waals surface area contributed by atoms with Crippen LogP contribution in [0.3, 0.4) is 0 Å². The third kappa shape index (κ3) is 3.91. The second-order valence-corrected chi connectivity index (χ2v) is 6.22. The third-order valence-electron chi connectivity index (χ3n) is 2.93. The summed E-state index contributed by atoms with van der Waals surface area (Å²) in [6.07, 6.45) is -0.823. The largest absolute Gasteiger partial charge is 0.386 e. The van der Waals surface area contributed by atoms with E-state index in [-0.39, 0.29) is 18.2 Å². The number of thiophene rings is 1. The van der Waals surface area contributed by atoms with Gasteiger partial charge in [0.05, 0.1) is 9.90 Å². The molecule has 0 aliphatic heterocycles. The van der Waals surface area contributed by atoms with E-state index >= 15 is 0 Å². The number of carbonyl (C=O) groups excluding carboxylic acids is 2. The number of benzene rings is 1. The van der Waals surface area contributed by atoms with Gasteiger partial charge in [-0.1, -0.05) is 29.8 Å². The number of Topliss-reactive ketones (excluding diaryl/α,β-unsaturated/α-hetero) is 1. The lowest BCUT2D eigenvalue weighted by Gasteiger charge is -2.11. The molecular formula is C15H14ClNO3S. The normalized spacial score (nSPS) is 12.0. The van der Waals surface area contributed by atoms with Gasteiger partial charge in [-0.05, 0) is 25.1 Å². The Bertz CT molecular complexity index is 668. The average Bonchev–Trinajstić information content (AvgIpc) is 2.91. The molecular weight excluding hydrogens is 310 g/mol. The fraction of sp³-hybridized carbons (Fsp3) is 0.200. The number of amides is 1. The summed E-state index contributed by atoms with van der Waals surface area (Å²) in [6.45, 7) is 1.47. The van der Waals surface area contributed by atoms with Crippen molar-refractivity contribution in [3.8, 4) is 0 Å². The van der Waals surface area contributed by atoms with Gasteiger partial charge in [0.25, 0.3) is 5.91 Å². The average molecular weight is 324 g/mol. The van der Waals surface area contributed by atoms with E-state index in [1.165, 1.54) is 18.3 Å². The maximum absolute atomic E-state index is 12.1. The summed E-state index contributed by atoms with van der Waals surface area (Å²) in [5.41, 5.74) is 0.671. The van der Waals surface area contributed by atoms with Crippen LogP contribution in [0, 0.1) is 0 Å². The Balaban J connectivity index is 2.04. The van der Waals surface area contributed by atoms with Crippen LogP contribution in [-0.2, 0) is 0 Å². The highest BCUT2D eigenvalue weighted by Crippen LogP contribution is 2.26. The molecule has 1 atom stereocenters. The van der Waals surface area contributed by atoms with E-state index in [1.807, 2.05) is 0 Å². The smallest absolute Gasteiger partial charge is 0.252 e. The molecule has 1 aromatic carbocycles. The summed E-state index contributed by atoms with van der Waals surface area (Å²) in [7, 11) is 0. The molecule has 6 heteroatoms. The molecule has 2 N–H and O–H groups in total. The summed E-state index contributed by atoms with van der Waals surface area (Å²) in [5, 5.41) is 12.6. The van der Waals surface area contributed by atoms with Crippen LogP contribution in [0.4, 0.5) is 0 Å². The van der Waals surface area contributed by atoms with E-state index in [4.69, 9.17) is 11.6 Å². The molecule has 110 valence electrons. The number of rotatable bonds is 5. The van der Waals surface area contributed by atoms with Gasteiger partial charge in [0.15, 0.2) is 5.78 Å². The number of ketones is 1. The Morgan fingerprint density at radius 3 is 2.48 bits per heavy atom. The second kappa shape index (κ2) is 6.85. The van der Waals surface area contributed by atoms with E-state index in [0.29, 0.717) is 20.3 Å². The number of halogens is 1. The van der Waals surface area contributed by atoms with Gasteiger partial charge < -0.3 is 10.4 Å². The Morgan fingerprint density at radius 2 is 1.90 bits per heavy atom. The van der Waals surface area contributed by atoms with Crippen LogP contribution in [0.15, 0.2) is 36.4 Å². The zero-order valence-corrected chi connectivity index (χ0v) is 12.9. The molecule has 0 bridgehead atoms. The highest BCUT2D eigenvalue weighted by atomic mass is 35.5. The molecule has 0 fully saturated rings. The Hall–Kier alpha value is -1.69. The highest BCUT2D eigenvalue weighted by Gasteiger charge is 2.16. The molecule has 1 aromatic heterocycles. The predicted octanol–water partition coefficient (Wildman–Crippen LogP) is 3.07. The lowest BCUT2D eigenvalue weighted by atomic mass is 10.0. The van der Waals surface area contributed by atoms with Crippen molar-refractivity contribution in [3.63, 3.8) is 0 Å². The summed E-state index contributed by atoms with van der Waals surface area (Å²) < 4.78 is 0.581. The molecule has 0 aliphatic carbocycles. The molecule has 2 aromatic rings. The molecule has 21 heavy (non-hydrogen) atoms. The predicted molar refractivity (Wildman–Crippen MR) is 83.1 cm³/mol. The standard InChI is InChI=1S/C15H14ClNO3S/c1-9(18)10-4-2-3-5-11(10)15(20)17-8-12(19)13-6-7-14(16)21-13/h2-7,12,19H,8H2,1H3,(H,17,20). The molecule has 0 spiro atoms. The van der Waals surface area contributed by atoms with Crippen LogP contribution in [-0.4, -0.2) is 23.3 Å². The summed E-state index contributed by atoms with van der Waals surface area (Å²) in [5.74, 6) is -0.561.